The number of rotatable bonds is 5. The lowest BCUT2D eigenvalue weighted by Crippen LogP contribution is -2.41. The Balaban J connectivity index is 1.80. The minimum Gasteiger partial charge on any atom is -0.380 e. The maximum Gasteiger partial charge on any atom is 0.0698 e. The van der Waals surface area contributed by atoms with Crippen LogP contribution >= 0.6 is 0 Å². The van der Waals surface area contributed by atoms with Gasteiger partial charge in [0.1, 0.15) is 0 Å². The molecule has 0 bridgehead atoms. The lowest BCUT2D eigenvalue weighted by atomic mass is 9.90. The Morgan fingerprint density at radius 3 is 2.14 bits per heavy atom. The van der Waals surface area contributed by atoms with E-state index in [4.69, 9.17) is 4.74 Å². The summed E-state index contributed by atoms with van der Waals surface area (Å²) in [6.07, 6.45) is 2.81. The molecule has 1 fully saturated rings. The molecule has 116 valence electrons. The summed E-state index contributed by atoms with van der Waals surface area (Å²) in [5, 5.41) is 0. The molecule has 1 heterocycles. The maximum absolute atomic E-state index is 5.57. The highest BCUT2D eigenvalue weighted by atomic mass is 16.5. The van der Waals surface area contributed by atoms with E-state index in [9.17, 15) is 0 Å². The van der Waals surface area contributed by atoms with E-state index in [1.807, 2.05) is 7.11 Å². The third kappa shape index (κ3) is 3.76. The summed E-state index contributed by atoms with van der Waals surface area (Å²) in [5.74, 6) is 0.429. The van der Waals surface area contributed by atoms with Crippen LogP contribution < -0.4 is 0 Å². The van der Waals surface area contributed by atoms with E-state index in [0.29, 0.717) is 12.0 Å². The van der Waals surface area contributed by atoms with Gasteiger partial charge in [0, 0.05) is 26.1 Å². The number of likely N-dealkylation sites (tertiary alicyclic amines) is 1. The molecule has 2 aromatic rings. The van der Waals surface area contributed by atoms with Crippen molar-refractivity contribution in [2.45, 2.75) is 24.9 Å². The first-order chi connectivity index (χ1) is 10.9. The van der Waals surface area contributed by atoms with Crippen molar-refractivity contribution in [1.29, 1.82) is 0 Å². The molecule has 0 aliphatic carbocycles. The van der Waals surface area contributed by atoms with Gasteiger partial charge in [0.2, 0.25) is 0 Å². The molecule has 0 aromatic heterocycles. The van der Waals surface area contributed by atoms with Crippen molar-refractivity contribution >= 4 is 0 Å². The van der Waals surface area contributed by atoms with Crippen LogP contribution in [0.15, 0.2) is 60.7 Å². The molecule has 1 unspecified atom stereocenters. The second-order valence-corrected chi connectivity index (χ2v) is 6.13. The quantitative estimate of drug-likeness (QED) is 0.828. The molecular formula is C20H25NO. The van der Waals surface area contributed by atoms with Crippen molar-refractivity contribution < 1.29 is 4.74 Å². The second kappa shape index (κ2) is 7.57. The van der Waals surface area contributed by atoms with Gasteiger partial charge in [0.15, 0.2) is 0 Å². The smallest absolute Gasteiger partial charge is 0.0698 e. The predicted molar refractivity (Wildman–Crippen MR) is 91.2 cm³/mol. The van der Waals surface area contributed by atoms with Gasteiger partial charge < -0.3 is 4.74 Å². The van der Waals surface area contributed by atoms with E-state index in [2.05, 4.69) is 65.6 Å². The van der Waals surface area contributed by atoms with Gasteiger partial charge in [-0.05, 0) is 30.5 Å². The summed E-state index contributed by atoms with van der Waals surface area (Å²) in [6.45, 7) is 3.29. The summed E-state index contributed by atoms with van der Waals surface area (Å²) in [5.41, 5.74) is 2.79. The molecule has 3 rings (SSSR count). The Morgan fingerprint density at radius 2 is 1.59 bits per heavy atom. The number of hydrogen-bond donors (Lipinski definition) is 0. The number of ether oxygens (including phenoxy) is 1. The van der Waals surface area contributed by atoms with Crippen LogP contribution in [0.4, 0.5) is 0 Å². The normalized spacial score (nSPS) is 19.5. The molecule has 2 nitrogen and oxygen atoms in total. The third-order valence-electron chi connectivity index (χ3n) is 4.64. The van der Waals surface area contributed by atoms with Crippen LogP contribution in [0.25, 0.3) is 0 Å². The Labute approximate surface area is 133 Å². The molecular weight excluding hydrogens is 270 g/mol. The number of hydrogen-bond acceptors (Lipinski definition) is 2. The molecule has 0 N–H and O–H groups in total. The standard InChI is InChI=1S/C20H25NO/c1-22-19-13-8-14-21(15-19)16-20(17-9-4-2-5-10-17)18-11-6-3-7-12-18/h2-7,9-12,19-20H,8,13-16H2,1H3. The highest BCUT2D eigenvalue weighted by molar-refractivity contribution is 5.32. The average Bonchev–Trinajstić information content (AvgIpc) is 2.61. The minimum absolute atomic E-state index is 0.390. The number of piperidine rings is 1. The van der Waals surface area contributed by atoms with Gasteiger partial charge in [-0.1, -0.05) is 60.7 Å². The topological polar surface area (TPSA) is 12.5 Å². The molecule has 22 heavy (non-hydrogen) atoms. The molecule has 1 aliphatic heterocycles. The van der Waals surface area contributed by atoms with E-state index in [1.165, 1.54) is 30.5 Å². The Hall–Kier alpha value is -1.64. The van der Waals surface area contributed by atoms with E-state index < -0.39 is 0 Å². The van der Waals surface area contributed by atoms with Crippen LogP contribution in [0, 0.1) is 0 Å². The van der Waals surface area contributed by atoms with Crippen LogP contribution in [-0.2, 0) is 4.74 Å². The minimum atomic E-state index is 0.390. The zero-order chi connectivity index (χ0) is 15.2. The van der Waals surface area contributed by atoms with E-state index in [1.54, 1.807) is 0 Å². The second-order valence-electron chi connectivity index (χ2n) is 6.13. The van der Waals surface area contributed by atoms with Gasteiger partial charge in [-0.2, -0.15) is 0 Å². The Bertz CT molecular complexity index is 515. The fourth-order valence-electron chi connectivity index (χ4n) is 3.40. The summed E-state index contributed by atoms with van der Waals surface area (Å²) in [7, 11) is 1.83. The predicted octanol–water partition coefficient (Wildman–Crippen LogP) is 3.93. The summed E-state index contributed by atoms with van der Waals surface area (Å²) in [6, 6.07) is 21.7. The van der Waals surface area contributed by atoms with Gasteiger partial charge >= 0.3 is 0 Å². The van der Waals surface area contributed by atoms with Gasteiger partial charge in [0.25, 0.3) is 0 Å². The van der Waals surface area contributed by atoms with Gasteiger partial charge in [-0.15, -0.1) is 0 Å². The number of nitrogens with zero attached hydrogens (tertiary/aromatic N) is 1. The number of benzene rings is 2. The van der Waals surface area contributed by atoms with Crippen LogP contribution in [0.1, 0.15) is 29.9 Å². The largest absolute Gasteiger partial charge is 0.380 e. The lowest BCUT2D eigenvalue weighted by Gasteiger charge is -2.34. The summed E-state index contributed by atoms with van der Waals surface area (Å²) in [4.78, 5) is 2.56. The van der Waals surface area contributed by atoms with Gasteiger partial charge in [-0.3, -0.25) is 4.90 Å². The molecule has 1 aliphatic rings. The van der Waals surface area contributed by atoms with E-state index >= 15 is 0 Å². The van der Waals surface area contributed by atoms with Crippen molar-refractivity contribution in [3.8, 4) is 0 Å². The molecule has 0 radical (unpaired) electrons. The Morgan fingerprint density at radius 1 is 1.00 bits per heavy atom. The van der Waals surface area contributed by atoms with Crippen LogP contribution in [0.5, 0.6) is 0 Å². The third-order valence-corrected chi connectivity index (χ3v) is 4.64. The van der Waals surface area contributed by atoms with Crippen LogP contribution in [-0.4, -0.2) is 37.7 Å². The fraction of sp³-hybridized carbons (Fsp3) is 0.400. The molecule has 1 saturated heterocycles. The van der Waals surface area contributed by atoms with Crippen molar-refractivity contribution in [3.63, 3.8) is 0 Å². The van der Waals surface area contributed by atoms with Crippen molar-refractivity contribution in [2.75, 3.05) is 26.7 Å². The highest BCUT2D eigenvalue weighted by Gasteiger charge is 2.23. The molecule has 2 aromatic carbocycles. The lowest BCUT2D eigenvalue weighted by molar-refractivity contribution is 0.0304. The molecule has 0 saturated carbocycles. The van der Waals surface area contributed by atoms with Crippen LogP contribution in [0.2, 0.25) is 0 Å². The fourth-order valence-corrected chi connectivity index (χ4v) is 3.40. The Kier molecular flexibility index (Phi) is 5.25. The maximum atomic E-state index is 5.57. The zero-order valence-corrected chi connectivity index (χ0v) is 13.3. The summed E-state index contributed by atoms with van der Waals surface area (Å²) < 4.78 is 5.57. The van der Waals surface area contributed by atoms with E-state index in [-0.39, 0.29) is 0 Å². The number of methoxy groups -OCH3 is 1. The molecule has 2 heteroatoms. The summed E-state index contributed by atoms with van der Waals surface area (Å²) >= 11 is 0. The molecule has 0 spiro atoms. The molecule has 0 amide bonds. The van der Waals surface area contributed by atoms with Gasteiger partial charge in [0.05, 0.1) is 6.10 Å². The van der Waals surface area contributed by atoms with Crippen molar-refractivity contribution in [3.05, 3.63) is 71.8 Å². The first-order valence-electron chi connectivity index (χ1n) is 8.22. The SMILES string of the molecule is COC1CCCN(CC(c2ccccc2)c2ccccc2)C1. The van der Waals surface area contributed by atoms with Crippen molar-refractivity contribution in [1.82, 2.24) is 4.90 Å². The average molecular weight is 295 g/mol. The van der Waals surface area contributed by atoms with Crippen LogP contribution in [0.3, 0.4) is 0 Å². The van der Waals surface area contributed by atoms with Gasteiger partial charge in [-0.25, -0.2) is 0 Å². The van der Waals surface area contributed by atoms with E-state index in [0.717, 1.165) is 13.1 Å². The van der Waals surface area contributed by atoms with Crippen molar-refractivity contribution in [2.24, 2.45) is 0 Å². The first kappa shape index (κ1) is 15.3. The monoisotopic (exact) mass is 295 g/mol. The zero-order valence-electron chi connectivity index (χ0n) is 13.3. The molecule has 1 atom stereocenters. The first-order valence-corrected chi connectivity index (χ1v) is 8.22. The highest BCUT2D eigenvalue weighted by Crippen LogP contribution is 2.27.